The van der Waals surface area contributed by atoms with Gasteiger partial charge in [0.15, 0.2) is 6.61 Å². The molecule has 1 aliphatic carbocycles. The Bertz CT molecular complexity index is 608. The van der Waals surface area contributed by atoms with E-state index >= 15 is 0 Å². The fourth-order valence-corrected chi connectivity index (χ4v) is 2.72. The first-order valence-corrected chi connectivity index (χ1v) is 8.00. The van der Waals surface area contributed by atoms with Gasteiger partial charge in [0.05, 0.1) is 0 Å². The van der Waals surface area contributed by atoms with Gasteiger partial charge in [-0.1, -0.05) is 6.07 Å². The molecule has 2 aliphatic rings. The zero-order valence-electron chi connectivity index (χ0n) is 13.3. The molecule has 1 aromatic rings. The van der Waals surface area contributed by atoms with Crippen molar-refractivity contribution >= 4 is 11.8 Å². The minimum atomic E-state index is -0.384. The summed E-state index contributed by atoms with van der Waals surface area (Å²) >= 11 is 0. The smallest absolute Gasteiger partial charge is 0.260 e. The summed E-state index contributed by atoms with van der Waals surface area (Å²) in [5, 5.41) is 0. The van der Waals surface area contributed by atoms with Gasteiger partial charge in [-0.3, -0.25) is 9.59 Å². The molecule has 0 atom stereocenters. The van der Waals surface area contributed by atoms with Crippen LogP contribution in [0, 0.1) is 18.7 Å². The summed E-state index contributed by atoms with van der Waals surface area (Å²) in [5.74, 6) is 0.318. The summed E-state index contributed by atoms with van der Waals surface area (Å²) in [6, 6.07) is 4.27. The first-order valence-electron chi connectivity index (χ1n) is 8.00. The van der Waals surface area contributed by atoms with Crippen molar-refractivity contribution in [2.24, 2.45) is 5.92 Å². The third kappa shape index (κ3) is 3.81. The van der Waals surface area contributed by atoms with Crippen molar-refractivity contribution in [3.05, 3.63) is 29.6 Å². The van der Waals surface area contributed by atoms with Crippen LogP contribution in [0.5, 0.6) is 5.75 Å². The van der Waals surface area contributed by atoms with Gasteiger partial charge >= 0.3 is 0 Å². The summed E-state index contributed by atoms with van der Waals surface area (Å²) in [6.45, 7) is 3.92. The number of ether oxygens (including phenoxy) is 1. The van der Waals surface area contributed by atoms with Crippen LogP contribution in [0.15, 0.2) is 18.2 Å². The van der Waals surface area contributed by atoms with Crippen LogP contribution in [0.2, 0.25) is 0 Å². The van der Waals surface area contributed by atoms with Crippen LogP contribution in [0.3, 0.4) is 0 Å². The number of rotatable bonds is 4. The second kappa shape index (κ2) is 6.56. The van der Waals surface area contributed by atoms with Crippen molar-refractivity contribution in [3.63, 3.8) is 0 Å². The van der Waals surface area contributed by atoms with Gasteiger partial charge in [-0.15, -0.1) is 0 Å². The SMILES string of the molecule is Cc1ccc(F)cc1OCC(=O)N1CCN(C(=O)C2CC2)CC1. The van der Waals surface area contributed by atoms with Crippen LogP contribution in [-0.2, 0) is 9.59 Å². The lowest BCUT2D eigenvalue weighted by atomic mass is 10.2. The molecule has 23 heavy (non-hydrogen) atoms. The predicted octanol–water partition coefficient (Wildman–Crippen LogP) is 1.59. The Balaban J connectivity index is 1.47. The van der Waals surface area contributed by atoms with Gasteiger partial charge in [0, 0.05) is 38.2 Å². The molecule has 2 fully saturated rings. The lowest BCUT2D eigenvalue weighted by Crippen LogP contribution is -2.52. The number of amides is 2. The highest BCUT2D eigenvalue weighted by molar-refractivity contribution is 5.82. The van der Waals surface area contributed by atoms with Crippen LogP contribution in [0.4, 0.5) is 4.39 Å². The molecule has 1 heterocycles. The fraction of sp³-hybridized carbons (Fsp3) is 0.529. The highest BCUT2D eigenvalue weighted by atomic mass is 19.1. The lowest BCUT2D eigenvalue weighted by molar-refractivity contribution is -0.141. The third-order valence-electron chi connectivity index (χ3n) is 4.37. The molecule has 0 bridgehead atoms. The maximum absolute atomic E-state index is 13.2. The van der Waals surface area contributed by atoms with Crippen LogP contribution in [0.25, 0.3) is 0 Å². The highest BCUT2D eigenvalue weighted by Crippen LogP contribution is 2.31. The van der Waals surface area contributed by atoms with E-state index in [1.165, 1.54) is 12.1 Å². The van der Waals surface area contributed by atoms with Crippen LogP contribution in [0.1, 0.15) is 18.4 Å². The van der Waals surface area contributed by atoms with E-state index < -0.39 is 0 Å². The number of aryl methyl sites for hydroxylation is 1. The molecule has 1 saturated heterocycles. The monoisotopic (exact) mass is 320 g/mol. The van der Waals surface area contributed by atoms with Crippen molar-refractivity contribution < 1.29 is 18.7 Å². The van der Waals surface area contributed by atoms with Crippen molar-refractivity contribution in [1.82, 2.24) is 9.80 Å². The Hall–Kier alpha value is -2.11. The molecule has 1 aromatic carbocycles. The van der Waals surface area contributed by atoms with E-state index in [-0.39, 0.29) is 30.2 Å². The van der Waals surface area contributed by atoms with Gasteiger partial charge in [-0.05, 0) is 31.4 Å². The summed E-state index contributed by atoms with van der Waals surface area (Å²) in [5.41, 5.74) is 0.791. The Morgan fingerprint density at radius 3 is 2.48 bits per heavy atom. The van der Waals surface area contributed by atoms with Gasteiger partial charge in [0.25, 0.3) is 5.91 Å². The zero-order chi connectivity index (χ0) is 16.4. The number of hydrogen-bond acceptors (Lipinski definition) is 3. The molecule has 3 rings (SSSR count). The fourth-order valence-electron chi connectivity index (χ4n) is 2.72. The number of nitrogens with zero attached hydrogens (tertiary/aromatic N) is 2. The summed E-state index contributed by atoms with van der Waals surface area (Å²) in [6.07, 6.45) is 2.00. The quantitative estimate of drug-likeness (QED) is 0.846. The van der Waals surface area contributed by atoms with Crippen molar-refractivity contribution in [1.29, 1.82) is 0 Å². The number of benzene rings is 1. The normalized spacial score (nSPS) is 18.0. The first kappa shape index (κ1) is 15.8. The Morgan fingerprint density at radius 1 is 1.17 bits per heavy atom. The van der Waals surface area contributed by atoms with E-state index in [0.717, 1.165) is 18.4 Å². The molecule has 0 N–H and O–H groups in total. The number of carbonyl (C=O) groups excluding carboxylic acids is 2. The van der Waals surface area contributed by atoms with Crippen molar-refractivity contribution in [3.8, 4) is 5.75 Å². The van der Waals surface area contributed by atoms with Crippen molar-refractivity contribution in [2.75, 3.05) is 32.8 Å². The average Bonchev–Trinajstić information content (AvgIpc) is 3.40. The second-order valence-electron chi connectivity index (χ2n) is 6.18. The van der Waals surface area contributed by atoms with E-state index in [0.29, 0.717) is 31.9 Å². The van der Waals surface area contributed by atoms with Gasteiger partial charge in [0.1, 0.15) is 11.6 Å². The molecule has 1 aliphatic heterocycles. The van der Waals surface area contributed by atoms with E-state index in [2.05, 4.69) is 0 Å². The Kier molecular flexibility index (Phi) is 4.50. The standard InChI is InChI=1S/C17H21FN2O3/c1-12-2-5-14(18)10-15(12)23-11-16(21)19-6-8-20(9-7-19)17(22)13-3-4-13/h2,5,10,13H,3-4,6-9,11H2,1H3. The summed E-state index contributed by atoms with van der Waals surface area (Å²) < 4.78 is 18.6. The summed E-state index contributed by atoms with van der Waals surface area (Å²) in [7, 11) is 0. The molecule has 2 amide bonds. The number of halogens is 1. The van der Waals surface area contributed by atoms with Crippen molar-refractivity contribution in [2.45, 2.75) is 19.8 Å². The maximum atomic E-state index is 13.2. The molecule has 5 nitrogen and oxygen atoms in total. The molecule has 6 heteroatoms. The Morgan fingerprint density at radius 2 is 1.83 bits per heavy atom. The zero-order valence-corrected chi connectivity index (χ0v) is 13.3. The van der Waals surface area contributed by atoms with Gasteiger partial charge < -0.3 is 14.5 Å². The topological polar surface area (TPSA) is 49.9 Å². The summed E-state index contributed by atoms with van der Waals surface area (Å²) in [4.78, 5) is 27.7. The minimum absolute atomic E-state index is 0.110. The highest BCUT2D eigenvalue weighted by Gasteiger charge is 2.35. The predicted molar refractivity (Wildman–Crippen MR) is 82.5 cm³/mol. The number of carbonyl (C=O) groups is 2. The molecule has 1 saturated carbocycles. The van der Waals surface area contributed by atoms with Crippen LogP contribution < -0.4 is 4.74 Å². The first-order chi connectivity index (χ1) is 11.0. The molecule has 0 radical (unpaired) electrons. The molecule has 0 unspecified atom stereocenters. The van der Waals surface area contributed by atoms with E-state index in [4.69, 9.17) is 4.74 Å². The molecular formula is C17H21FN2O3. The van der Waals surface area contributed by atoms with Gasteiger partial charge in [-0.25, -0.2) is 4.39 Å². The molecule has 0 aromatic heterocycles. The largest absolute Gasteiger partial charge is 0.483 e. The average molecular weight is 320 g/mol. The van der Waals surface area contributed by atoms with E-state index in [9.17, 15) is 14.0 Å². The van der Waals surface area contributed by atoms with E-state index in [1.54, 1.807) is 11.0 Å². The molecular weight excluding hydrogens is 299 g/mol. The van der Waals surface area contributed by atoms with E-state index in [1.807, 2.05) is 11.8 Å². The van der Waals surface area contributed by atoms with Gasteiger partial charge in [-0.2, -0.15) is 0 Å². The second-order valence-corrected chi connectivity index (χ2v) is 6.18. The van der Waals surface area contributed by atoms with Gasteiger partial charge in [0.2, 0.25) is 5.91 Å². The van der Waals surface area contributed by atoms with Crippen LogP contribution in [-0.4, -0.2) is 54.4 Å². The number of hydrogen-bond donors (Lipinski definition) is 0. The molecule has 124 valence electrons. The lowest BCUT2D eigenvalue weighted by Gasteiger charge is -2.34. The minimum Gasteiger partial charge on any atom is -0.483 e. The van der Waals surface area contributed by atoms with Crippen LogP contribution >= 0.6 is 0 Å². The molecule has 0 spiro atoms. The third-order valence-corrected chi connectivity index (χ3v) is 4.37. The number of piperazine rings is 1. The maximum Gasteiger partial charge on any atom is 0.260 e. The Labute approximate surface area is 135 Å².